The molecule has 0 fully saturated rings. The van der Waals surface area contributed by atoms with Crippen LogP contribution in [0.4, 0.5) is 5.82 Å². The third-order valence-electron chi connectivity index (χ3n) is 4.92. The maximum absolute atomic E-state index is 5.73. The van der Waals surface area contributed by atoms with Gasteiger partial charge in [-0.05, 0) is 37.1 Å². The van der Waals surface area contributed by atoms with E-state index < -0.39 is 0 Å². The summed E-state index contributed by atoms with van der Waals surface area (Å²) < 4.78 is 5.73. The van der Waals surface area contributed by atoms with Crippen molar-refractivity contribution in [2.75, 3.05) is 18.5 Å². The number of hydrogen-bond acceptors (Lipinski definition) is 4. The van der Waals surface area contributed by atoms with E-state index in [9.17, 15) is 0 Å². The number of nitrogens with zero attached hydrogens (tertiary/aromatic N) is 2. The Morgan fingerprint density at radius 3 is 2.18 bits per heavy atom. The van der Waals surface area contributed by atoms with E-state index in [0.29, 0.717) is 0 Å². The second-order valence-corrected chi connectivity index (χ2v) is 7.16. The lowest BCUT2D eigenvalue weighted by Crippen LogP contribution is -2.04. The van der Waals surface area contributed by atoms with Gasteiger partial charge in [0.15, 0.2) is 0 Å². The normalized spacial score (nSPS) is 10.9. The summed E-state index contributed by atoms with van der Waals surface area (Å²) in [5.74, 6) is 1.93. The molecular weight excluding hydrogens is 346 g/mol. The summed E-state index contributed by atoms with van der Waals surface area (Å²) in [4.78, 5) is 8.68. The van der Waals surface area contributed by atoms with Crippen LogP contribution in [0.1, 0.15) is 51.4 Å². The second-order valence-electron chi connectivity index (χ2n) is 7.16. The summed E-state index contributed by atoms with van der Waals surface area (Å²) in [6.07, 6.45) is 11.8. The first-order valence-electron chi connectivity index (χ1n) is 10.5. The van der Waals surface area contributed by atoms with Crippen LogP contribution in [0.5, 0.6) is 5.75 Å². The number of ether oxygens (including phenoxy) is 1. The third kappa shape index (κ3) is 6.84. The van der Waals surface area contributed by atoms with E-state index in [1.807, 2.05) is 48.5 Å². The van der Waals surface area contributed by atoms with Crippen molar-refractivity contribution in [2.45, 2.75) is 51.4 Å². The topological polar surface area (TPSA) is 47.0 Å². The van der Waals surface area contributed by atoms with Crippen LogP contribution in [0.25, 0.3) is 10.9 Å². The predicted octanol–water partition coefficient (Wildman–Crippen LogP) is 6.24. The lowest BCUT2D eigenvalue weighted by Gasteiger charge is -2.08. The van der Waals surface area contributed by atoms with E-state index in [0.717, 1.165) is 42.0 Å². The molecule has 148 valence electrons. The molecule has 0 unspecified atom stereocenters. The van der Waals surface area contributed by atoms with Crippen LogP contribution in [0, 0.1) is 0 Å². The van der Waals surface area contributed by atoms with Gasteiger partial charge in [-0.1, -0.05) is 68.9 Å². The number of anilines is 1. The van der Waals surface area contributed by atoms with E-state index in [1.54, 1.807) is 6.33 Å². The molecule has 2 aromatic carbocycles. The fourth-order valence-electron chi connectivity index (χ4n) is 3.35. The Bertz CT molecular complexity index is 802. The Morgan fingerprint density at radius 1 is 0.679 bits per heavy atom. The van der Waals surface area contributed by atoms with Crippen LogP contribution in [0.2, 0.25) is 0 Å². The van der Waals surface area contributed by atoms with E-state index >= 15 is 0 Å². The van der Waals surface area contributed by atoms with Crippen LogP contribution >= 0.6 is 0 Å². The Balaban J connectivity index is 1.16. The molecule has 0 amide bonds. The number of hydrogen-bond donors (Lipinski definition) is 1. The first-order valence-corrected chi connectivity index (χ1v) is 10.5. The lowest BCUT2D eigenvalue weighted by atomic mass is 10.1. The Kier molecular flexibility index (Phi) is 8.60. The maximum atomic E-state index is 5.73. The molecule has 0 saturated heterocycles. The highest BCUT2D eigenvalue weighted by atomic mass is 16.5. The van der Waals surface area contributed by atoms with Gasteiger partial charge in [0.2, 0.25) is 0 Å². The maximum Gasteiger partial charge on any atom is 0.137 e. The summed E-state index contributed by atoms with van der Waals surface area (Å²) in [7, 11) is 0. The zero-order valence-electron chi connectivity index (χ0n) is 16.6. The smallest absolute Gasteiger partial charge is 0.137 e. The molecule has 1 aromatic heterocycles. The van der Waals surface area contributed by atoms with Crippen LogP contribution in [-0.4, -0.2) is 23.1 Å². The van der Waals surface area contributed by atoms with Gasteiger partial charge in [0, 0.05) is 11.9 Å². The van der Waals surface area contributed by atoms with Gasteiger partial charge in [0.25, 0.3) is 0 Å². The molecule has 0 radical (unpaired) electrons. The van der Waals surface area contributed by atoms with Crippen molar-refractivity contribution in [1.29, 1.82) is 0 Å². The molecule has 3 aromatic rings. The standard InChI is InChI=1S/C24H31N3O/c1(2-4-6-13-19-28-21-14-8-7-9-15-21)3-5-12-18-25-24-22-16-10-11-17-23(22)26-20-27-24/h7-11,14-17,20H,1-6,12-13,18-19H2,(H,25,26,27). The average molecular weight is 378 g/mol. The highest BCUT2D eigenvalue weighted by Crippen LogP contribution is 2.18. The molecule has 0 bridgehead atoms. The van der Waals surface area contributed by atoms with Crippen molar-refractivity contribution in [3.05, 3.63) is 60.9 Å². The van der Waals surface area contributed by atoms with Crippen LogP contribution < -0.4 is 10.1 Å². The van der Waals surface area contributed by atoms with Gasteiger partial charge in [-0.15, -0.1) is 0 Å². The summed E-state index contributed by atoms with van der Waals surface area (Å²) >= 11 is 0. The number of rotatable bonds is 13. The van der Waals surface area contributed by atoms with E-state index in [1.165, 1.54) is 44.9 Å². The highest BCUT2D eigenvalue weighted by molar-refractivity contribution is 5.88. The van der Waals surface area contributed by atoms with Crippen molar-refractivity contribution in [2.24, 2.45) is 0 Å². The van der Waals surface area contributed by atoms with Gasteiger partial charge >= 0.3 is 0 Å². The van der Waals surface area contributed by atoms with Crippen molar-refractivity contribution >= 4 is 16.7 Å². The fourth-order valence-corrected chi connectivity index (χ4v) is 3.35. The first kappa shape index (κ1) is 20.1. The molecule has 0 atom stereocenters. The Labute approximate surface area is 168 Å². The number of nitrogens with one attached hydrogen (secondary N) is 1. The molecule has 0 aliphatic heterocycles. The molecule has 0 aliphatic rings. The minimum Gasteiger partial charge on any atom is -0.494 e. The van der Waals surface area contributed by atoms with Gasteiger partial charge in [-0.25, -0.2) is 9.97 Å². The lowest BCUT2D eigenvalue weighted by molar-refractivity contribution is 0.304. The van der Waals surface area contributed by atoms with Gasteiger partial charge in [0.05, 0.1) is 12.1 Å². The molecule has 0 spiro atoms. The highest BCUT2D eigenvalue weighted by Gasteiger charge is 2.01. The zero-order valence-corrected chi connectivity index (χ0v) is 16.6. The predicted molar refractivity (Wildman–Crippen MR) is 117 cm³/mol. The number of unbranched alkanes of at least 4 members (excludes halogenated alkanes) is 7. The zero-order chi connectivity index (χ0) is 19.3. The monoisotopic (exact) mass is 377 g/mol. The minimum absolute atomic E-state index is 0.827. The fraction of sp³-hybridized carbons (Fsp3) is 0.417. The van der Waals surface area contributed by atoms with Gasteiger partial charge in [-0.3, -0.25) is 0 Å². The molecule has 28 heavy (non-hydrogen) atoms. The van der Waals surface area contributed by atoms with Crippen LogP contribution in [0.15, 0.2) is 60.9 Å². The molecule has 0 aliphatic carbocycles. The SMILES string of the molecule is c1ccc(OCCCCCCCCCCNc2ncnc3ccccc23)cc1. The van der Waals surface area contributed by atoms with Crippen LogP contribution in [-0.2, 0) is 0 Å². The largest absolute Gasteiger partial charge is 0.494 e. The minimum atomic E-state index is 0.827. The van der Waals surface area contributed by atoms with Crippen LogP contribution in [0.3, 0.4) is 0 Å². The van der Waals surface area contributed by atoms with Crippen molar-refractivity contribution < 1.29 is 4.74 Å². The van der Waals surface area contributed by atoms with E-state index in [4.69, 9.17) is 4.74 Å². The van der Waals surface area contributed by atoms with Crippen molar-refractivity contribution in [1.82, 2.24) is 9.97 Å². The molecule has 3 rings (SSSR count). The van der Waals surface area contributed by atoms with E-state index in [2.05, 4.69) is 21.4 Å². The number of benzene rings is 2. The van der Waals surface area contributed by atoms with Crippen molar-refractivity contribution in [3.63, 3.8) is 0 Å². The Morgan fingerprint density at radius 2 is 1.36 bits per heavy atom. The average Bonchev–Trinajstić information content (AvgIpc) is 2.75. The molecule has 4 heteroatoms. The number of para-hydroxylation sites is 2. The molecule has 0 saturated carbocycles. The van der Waals surface area contributed by atoms with Gasteiger partial charge in [-0.2, -0.15) is 0 Å². The number of aromatic nitrogens is 2. The Hall–Kier alpha value is -2.62. The first-order chi connectivity index (χ1) is 13.9. The summed E-state index contributed by atoms with van der Waals surface area (Å²) in [5, 5.41) is 4.56. The van der Waals surface area contributed by atoms with Gasteiger partial charge < -0.3 is 10.1 Å². The summed E-state index contributed by atoms with van der Waals surface area (Å²) in [5.41, 5.74) is 0.995. The quantitative estimate of drug-likeness (QED) is 0.358. The van der Waals surface area contributed by atoms with Gasteiger partial charge in [0.1, 0.15) is 17.9 Å². The van der Waals surface area contributed by atoms with Crippen molar-refractivity contribution in [3.8, 4) is 5.75 Å². The molecule has 4 nitrogen and oxygen atoms in total. The molecule has 1 heterocycles. The molecular formula is C24H31N3O. The molecule has 1 N–H and O–H groups in total. The third-order valence-corrected chi connectivity index (χ3v) is 4.92. The van der Waals surface area contributed by atoms with E-state index in [-0.39, 0.29) is 0 Å². The second kappa shape index (κ2) is 12.0. The summed E-state index contributed by atoms with van der Waals surface area (Å²) in [6.45, 7) is 1.80. The number of fused-ring (bicyclic) bond motifs is 1. The summed E-state index contributed by atoms with van der Waals surface area (Å²) in [6, 6.07) is 18.2.